The molecule has 0 radical (unpaired) electrons. The predicted molar refractivity (Wildman–Crippen MR) is 105 cm³/mol. The topological polar surface area (TPSA) is 65.5 Å². The van der Waals surface area contributed by atoms with Crippen LogP contribution in [0.4, 0.5) is 0 Å². The quantitative estimate of drug-likeness (QED) is 0.737. The molecule has 0 bridgehead atoms. The molecule has 2 N–H and O–H groups in total. The molecular weight excluding hydrogens is 326 g/mol. The van der Waals surface area contributed by atoms with Crippen molar-refractivity contribution in [3.8, 4) is 0 Å². The Morgan fingerprint density at radius 2 is 2.19 bits per heavy atom. The number of hydrogen-bond acceptors (Lipinski definition) is 4. The highest BCUT2D eigenvalue weighted by molar-refractivity contribution is 5.94. The second-order valence-corrected chi connectivity index (χ2v) is 7.31. The monoisotopic (exact) mass is 357 g/mol. The van der Waals surface area contributed by atoms with Crippen LogP contribution >= 0.6 is 0 Å². The van der Waals surface area contributed by atoms with Gasteiger partial charge in [0.05, 0.1) is 17.7 Å². The molecule has 26 heavy (non-hydrogen) atoms. The molecule has 1 aromatic rings. The van der Waals surface area contributed by atoms with Crippen molar-refractivity contribution in [3.63, 3.8) is 0 Å². The normalized spacial score (nSPS) is 21.3. The van der Waals surface area contributed by atoms with E-state index < -0.39 is 6.10 Å². The zero-order valence-electron chi connectivity index (χ0n) is 16.1. The minimum absolute atomic E-state index is 0.175. The molecule has 142 valence electrons. The van der Waals surface area contributed by atoms with E-state index in [1.54, 1.807) is 24.5 Å². The fourth-order valence-corrected chi connectivity index (χ4v) is 3.06. The molecule has 1 aliphatic heterocycles. The highest BCUT2D eigenvalue weighted by atomic mass is 16.3. The summed E-state index contributed by atoms with van der Waals surface area (Å²) < 4.78 is 0. The van der Waals surface area contributed by atoms with E-state index >= 15 is 0 Å². The summed E-state index contributed by atoms with van der Waals surface area (Å²) in [6, 6.07) is 3.26. The van der Waals surface area contributed by atoms with E-state index in [0.29, 0.717) is 12.1 Å². The number of allylic oxidation sites excluding steroid dienone is 3. The number of hydrogen-bond donors (Lipinski definition) is 2. The van der Waals surface area contributed by atoms with E-state index in [1.807, 2.05) is 0 Å². The number of likely N-dealkylation sites (tertiary alicyclic amines) is 1. The van der Waals surface area contributed by atoms with Gasteiger partial charge in [-0.05, 0) is 52.2 Å². The van der Waals surface area contributed by atoms with E-state index in [-0.39, 0.29) is 11.9 Å². The Bertz CT molecular complexity index is 636. The Morgan fingerprint density at radius 3 is 2.85 bits per heavy atom. The number of carbonyl (C=O) groups excluding carboxylic acids is 1. The first-order valence-electron chi connectivity index (χ1n) is 9.36. The number of carbonyl (C=O) groups is 1. The summed E-state index contributed by atoms with van der Waals surface area (Å²) in [7, 11) is 0. The van der Waals surface area contributed by atoms with Crippen LogP contribution in [0.5, 0.6) is 0 Å². The smallest absolute Gasteiger partial charge is 0.253 e. The number of pyridine rings is 1. The van der Waals surface area contributed by atoms with E-state index in [2.05, 4.69) is 48.1 Å². The third kappa shape index (κ3) is 6.73. The molecule has 1 aliphatic rings. The Hall–Kier alpha value is -1.98. The fraction of sp³-hybridized carbons (Fsp3) is 0.524. The molecule has 1 fully saturated rings. The Morgan fingerprint density at radius 1 is 1.38 bits per heavy atom. The van der Waals surface area contributed by atoms with Gasteiger partial charge < -0.3 is 10.4 Å². The van der Waals surface area contributed by atoms with Crippen LogP contribution in [0.25, 0.3) is 0 Å². The van der Waals surface area contributed by atoms with Crippen LogP contribution < -0.4 is 5.32 Å². The van der Waals surface area contributed by atoms with Crippen LogP contribution in [0.2, 0.25) is 0 Å². The van der Waals surface area contributed by atoms with E-state index in [1.165, 1.54) is 11.1 Å². The van der Waals surface area contributed by atoms with Crippen molar-refractivity contribution >= 4 is 5.91 Å². The molecule has 2 atom stereocenters. The van der Waals surface area contributed by atoms with Crippen LogP contribution in [0.3, 0.4) is 0 Å². The molecule has 0 saturated carbocycles. The summed E-state index contributed by atoms with van der Waals surface area (Å²) in [5.74, 6) is -0.175. The maximum atomic E-state index is 12.2. The molecule has 5 nitrogen and oxygen atoms in total. The lowest BCUT2D eigenvalue weighted by atomic mass is 10.0. The van der Waals surface area contributed by atoms with Crippen molar-refractivity contribution in [2.75, 3.05) is 19.6 Å². The number of aromatic nitrogens is 1. The first-order valence-corrected chi connectivity index (χ1v) is 9.36. The second-order valence-electron chi connectivity index (χ2n) is 7.31. The standard InChI is InChI=1S/C21H31N3O2/c1-16(2)6-4-7-17(3)9-12-24-13-10-19(20(25)15-24)23-21(26)18-8-5-11-22-14-18/h5-6,8-9,11,14,19-20,25H,4,7,10,12-13,15H2,1-3H3,(H,23,26)/t19-,20-/m1/s1. The number of aliphatic hydroxyl groups is 1. The molecule has 0 aromatic carbocycles. The maximum absolute atomic E-state index is 12.2. The van der Waals surface area contributed by atoms with Gasteiger partial charge in [-0.1, -0.05) is 23.3 Å². The molecular formula is C21H31N3O2. The summed E-state index contributed by atoms with van der Waals surface area (Å²) in [6.07, 6.45) is 10.0. The largest absolute Gasteiger partial charge is 0.390 e. The Labute approximate surface area is 156 Å². The third-order valence-corrected chi connectivity index (χ3v) is 4.70. The van der Waals surface area contributed by atoms with Gasteiger partial charge in [0, 0.05) is 32.0 Å². The number of nitrogens with one attached hydrogen (secondary N) is 1. The van der Waals surface area contributed by atoms with E-state index in [0.717, 1.165) is 32.4 Å². The number of amides is 1. The summed E-state index contributed by atoms with van der Waals surface area (Å²) in [6.45, 7) is 8.70. The van der Waals surface area contributed by atoms with Crippen molar-refractivity contribution in [3.05, 3.63) is 53.4 Å². The van der Waals surface area contributed by atoms with E-state index in [9.17, 15) is 9.90 Å². The Balaban J connectivity index is 1.77. The summed E-state index contributed by atoms with van der Waals surface area (Å²) in [4.78, 5) is 18.4. The molecule has 0 aliphatic carbocycles. The third-order valence-electron chi connectivity index (χ3n) is 4.70. The molecule has 5 heteroatoms. The van der Waals surface area contributed by atoms with Gasteiger partial charge in [0.1, 0.15) is 0 Å². The lowest BCUT2D eigenvalue weighted by molar-refractivity contribution is 0.0421. The summed E-state index contributed by atoms with van der Waals surface area (Å²) >= 11 is 0. The molecule has 2 heterocycles. The number of β-amino-alcohol motifs (C(OH)–C–C–N with tert-alkyl or cyclic N) is 1. The highest BCUT2D eigenvalue weighted by Crippen LogP contribution is 2.13. The van der Waals surface area contributed by atoms with Gasteiger partial charge in [-0.3, -0.25) is 14.7 Å². The van der Waals surface area contributed by atoms with Gasteiger partial charge in [0.2, 0.25) is 0 Å². The number of rotatable bonds is 7. The summed E-state index contributed by atoms with van der Waals surface area (Å²) in [5, 5.41) is 13.3. The van der Waals surface area contributed by atoms with Crippen molar-refractivity contribution in [1.29, 1.82) is 0 Å². The van der Waals surface area contributed by atoms with Crippen molar-refractivity contribution < 1.29 is 9.90 Å². The number of aliphatic hydroxyl groups excluding tert-OH is 1. The minimum Gasteiger partial charge on any atom is -0.390 e. The fourth-order valence-electron chi connectivity index (χ4n) is 3.06. The molecule has 0 spiro atoms. The number of piperidine rings is 1. The van der Waals surface area contributed by atoms with Gasteiger partial charge >= 0.3 is 0 Å². The Kier molecular flexibility index (Phi) is 8.01. The first kappa shape index (κ1) is 20.3. The van der Waals surface area contributed by atoms with Crippen LogP contribution in [-0.4, -0.2) is 52.7 Å². The average molecular weight is 357 g/mol. The maximum Gasteiger partial charge on any atom is 0.253 e. The van der Waals surface area contributed by atoms with Crippen LogP contribution in [0.1, 0.15) is 50.4 Å². The lowest BCUT2D eigenvalue weighted by Crippen LogP contribution is -2.54. The lowest BCUT2D eigenvalue weighted by Gasteiger charge is -2.35. The molecule has 2 rings (SSSR count). The van der Waals surface area contributed by atoms with Gasteiger partial charge in [-0.15, -0.1) is 0 Å². The molecule has 1 saturated heterocycles. The van der Waals surface area contributed by atoms with Gasteiger partial charge in [-0.25, -0.2) is 0 Å². The van der Waals surface area contributed by atoms with Crippen LogP contribution in [0, 0.1) is 0 Å². The SMILES string of the molecule is CC(C)=CCCC(C)=CCN1CC[C@@H](NC(=O)c2cccnc2)[C@H](O)C1. The molecule has 1 aromatic heterocycles. The van der Waals surface area contributed by atoms with Gasteiger partial charge in [0.15, 0.2) is 0 Å². The van der Waals surface area contributed by atoms with Gasteiger partial charge in [-0.2, -0.15) is 0 Å². The zero-order chi connectivity index (χ0) is 18.9. The number of nitrogens with zero attached hydrogens (tertiary/aromatic N) is 2. The van der Waals surface area contributed by atoms with Crippen molar-refractivity contribution in [2.24, 2.45) is 0 Å². The van der Waals surface area contributed by atoms with Gasteiger partial charge in [0.25, 0.3) is 5.91 Å². The molecule has 0 unspecified atom stereocenters. The zero-order valence-corrected chi connectivity index (χ0v) is 16.1. The minimum atomic E-state index is -0.552. The highest BCUT2D eigenvalue weighted by Gasteiger charge is 2.28. The van der Waals surface area contributed by atoms with Crippen LogP contribution in [0.15, 0.2) is 47.8 Å². The van der Waals surface area contributed by atoms with E-state index in [4.69, 9.17) is 0 Å². The van der Waals surface area contributed by atoms with Crippen molar-refractivity contribution in [2.45, 2.75) is 52.2 Å². The van der Waals surface area contributed by atoms with Crippen LogP contribution in [-0.2, 0) is 0 Å². The second kappa shape index (κ2) is 10.2. The summed E-state index contributed by atoms with van der Waals surface area (Å²) in [5.41, 5.74) is 3.26. The average Bonchev–Trinajstić information content (AvgIpc) is 2.62. The van der Waals surface area contributed by atoms with Crippen molar-refractivity contribution in [1.82, 2.24) is 15.2 Å². The first-order chi connectivity index (χ1) is 12.5. The molecule has 1 amide bonds. The predicted octanol–water partition coefficient (Wildman–Crippen LogP) is 2.94.